The molecule has 2 aromatic carbocycles. The van der Waals surface area contributed by atoms with E-state index in [1.165, 1.54) is 11.8 Å². The molecule has 168 valence electrons. The first-order valence-electron chi connectivity index (χ1n) is 10.3. The zero-order chi connectivity index (χ0) is 23.2. The average Bonchev–Trinajstić information content (AvgIpc) is 3.25. The van der Waals surface area contributed by atoms with Gasteiger partial charge in [-0.3, -0.25) is 14.3 Å². The van der Waals surface area contributed by atoms with Crippen molar-refractivity contribution >= 4 is 35.0 Å². The highest BCUT2D eigenvalue weighted by atomic mass is 35.5. The van der Waals surface area contributed by atoms with Gasteiger partial charge in [0.2, 0.25) is 5.91 Å². The maximum Gasteiger partial charge on any atom is 0.234 e. The van der Waals surface area contributed by atoms with Crippen LogP contribution in [0.2, 0.25) is 5.02 Å². The van der Waals surface area contributed by atoms with Crippen LogP contribution in [-0.4, -0.2) is 38.0 Å². The Kier molecular flexibility index (Phi) is 7.26. The number of anilines is 1. The number of carbonyl (C=O) groups excluding carboxylic acids is 1. The van der Waals surface area contributed by atoms with Gasteiger partial charge in [0.05, 0.1) is 23.1 Å². The van der Waals surface area contributed by atoms with E-state index in [9.17, 15) is 4.79 Å². The molecular weight excluding hydrogens is 458 g/mol. The van der Waals surface area contributed by atoms with Crippen molar-refractivity contribution in [2.75, 3.05) is 17.7 Å². The molecule has 33 heavy (non-hydrogen) atoms. The number of thioether (sulfide) groups is 1. The molecular formula is C24H22ClN5O2S. The number of rotatable bonds is 8. The van der Waals surface area contributed by atoms with Gasteiger partial charge in [0.1, 0.15) is 5.75 Å². The molecule has 0 aliphatic carbocycles. The molecule has 0 saturated carbocycles. The van der Waals surface area contributed by atoms with Crippen molar-refractivity contribution in [1.29, 1.82) is 0 Å². The van der Waals surface area contributed by atoms with E-state index in [4.69, 9.17) is 16.3 Å². The van der Waals surface area contributed by atoms with Crippen LogP contribution < -0.4 is 10.1 Å². The number of nitrogens with zero attached hydrogens (tertiary/aromatic N) is 4. The van der Waals surface area contributed by atoms with Crippen molar-refractivity contribution in [1.82, 2.24) is 19.7 Å². The largest absolute Gasteiger partial charge is 0.494 e. The van der Waals surface area contributed by atoms with Crippen molar-refractivity contribution in [3.05, 3.63) is 77.6 Å². The lowest BCUT2D eigenvalue weighted by Gasteiger charge is -2.12. The fourth-order valence-corrected chi connectivity index (χ4v) is 4.21. The third-order valence-electron chi connectivity index (χ3n) is 4.71. The van der Waals surface area contributed by atoms with E-state index < -0.39 is 0 Å². The molecule has 1 amide bonds. The van der Waals surface area contributed by atoms with Gasteiger partial charge >= 0.3 is 0 Å². The molecule has 4 rings (SSSR count). The monoisotopic (exact) mass is 479 g/mol. The van der Waals surface area contributed by atoms with Crippen LogP contribution in [-0.2, 0) is 4.79 Å². The van der Waals surface area contributed by atoms with E-state index in [-0.39, 0.29) is 11.7 Å². The number of aryl methyl sites for hydroxylation is 1. The van der Waals surface area contributed by atoms with Gasteiger partial charge in [-0.15, -0.1) is 10.2 Å². The molecule has 0 atom stereocenters. The molecule has 0 fully saturated rings. The van der Waals surface area contributed by atoms with Crippen molar-refractivity contribution in [2.24, 2.45) is 0 Å². The van der Waals surface area contributed by atoms with E-state index in [0.717, 1.165) is 22.6 Å². The Bertz CT molecular complexity index is 1250. The minimum Gasteiger partial charge on any atom is -0.494 e. The highest BCUT2D eigenvalue weighted by molar-refractivity contribution is 7.99. The van der Waals surface area contributed by atoms with Crippen molar-refractivity contribution in [3.8, 4) is 22.8 Å². The van der Waals surface area contributed by atoms with Gasteiger partial charge in [-0.2, -0.15) is 0 Å². The zero-order valence-electron chi connectivity index (χ0n) is 18.2. The maximum atomic E-state index is 12.6. The minimum absolute atomic E-state index is 0.149. The Hall–Kier alpha value is -3.36. The summed E-state index contributed by atoms with van der Waals surface area (Å²) in [6.45, 7) is 4.48. The quantitative estimate of drug-likeness (QED) is 0.340. The second-order valence-electron chi connectivity index (χ2n) is 7.12. The molecule has 2 aromatic heterocycles. The first-order chi connectivity index (χ1) is 16.0. The molecule has 0 radical (unpaired) electrons. The Balaban J connectivity index is 1.58. The summed E-state index contributed by atoms with van der Waals surface area (Å²) in [5.74, 6) is 1.40. The lowest BCUT2D eigenvalue weighted by atomic mass is 10.2. The van der Waals surface area contributed by atoms with E-state index in [1.54, 1.807) is 18.5 Å². The minimum atomic E-state index is -0.183. The average molecular weight is 480 g/mol. The molecule has 1 N–H and O–H groups in total. The van der Waals surface area contributed by atoms with Crippen LogP contribution in [0.15, 0.2) is 72.1 Å². The molecule has 4 aromatic rings. The number of hydrogen-bond acceptors (Lipinski definition) is 6. The SMILES string of the molecule is CCOc1ccc(-n2c(SCC(=O)Nc3ccc(C)cc3Cl)nnc2-c2ccncc2)cc1. The highest BCUT2D eigenvalue weighted by Gasteiger charge is 2.18. The van der Waals surface area contributed by atoms with Gasteiger partial charge in [0.15, 0.2) is 11.0 Å². The van der Waals surface area contributed by atoms with E-state index in [2.05, 4.69) is 20.5 Å². The fourth-order valence-electron chi connectivity index (χ4n) is 3.18. The normalized spacial score (nSPS) is 10.8. The van der Waals surface area contributed by atoms with Gasteiger partial charge in [-0.1, -0.05) is 29.4 Å². The summed E-state index contributed by atoms with van der Waals surface area (Å²) in [6, 6.07) is 16.9. The van der Waals surface area contributed by atoms with Crippen molar-refractivity contribution < 1.29 is 9.53 Å². The first kappa shape index (κ1) is 22.8. The predicted octanol–water partition coefficient (Wildman–Crippen LogP) is 5.42. The number of hydrogen-bond donors (Lipinski definition) is 1. The summed E-state index contributed by atoms with van der Waals surface area (Å²) in [6.07, 6.45) is 3.41. The molecule has 0 saturated heterocycles. The van der Waals surface area contributed by atoms with Gasteiger partial charge in [-0.05, 0) is 67.9 Å². The smallest absolute Gasteiger partial charge is 0.234 e. The van der Waals surface area contributed by atoms with E-state index in [1.807, 2.05) is 66.9 Å². The molecule has 0 spiro atoms. The molecule has 9 heteroatoms. The second-order valence-corrected chi connectivity index (χ2v) is 8.47. The Morgan fingerprint density at radius 2 is 1.85 bits per heavy atom. The third kappa shape index (κ3) is 5.53. The molecule has 0 unspecified atom stereocenters. The zero-order valence-corrected chi connectivity index (χ0v) is 19.7. The van der Waals surface area contributed by atoms with Crippen LogP contribution in [0.4, 0.5) is 5.69 Å². The maximum absolute atomic E-state index is 12.6. The summed E-state index contributed by atoms with van der Waals surface area (Å²) in [5.41, 5.74) is 3.34. The molecule has 0 aliphatic rings. The predicted molar refractivity (Wildman–Crippen MR) is 131 cm³/mol. The molecule has 2 heterocycles. The topological polar surface area (TPSA) is 81.9 Å². The lowest BCUT2D eigenvalue weighted by molar-refractivity contribution is -0.113. The number of amides is 1. The lowest BCUT2D eigenvalue weighted by Crippen LogP contribution is -2.15. The number of carbonyl (C=O) groups is 1. The van der Waals surface area contributed by atoms with Crippen LogP contribution in [0.1, 0.15) is 12.5 Å². The summed E-state index contributed by atoms with van der Waals surface area (Å²) in [5, 5.41) is 12.7. The number of pyridine rings is 1. The highest BCUT2D eigenvalue weighted by Crippen LogP contribution is 2.29. The van der Waals surface area contributed by atoms with E-state index in [0.29, 0.717) is 28.3 Å². The van der Waals surface area contributed by atoms with Crippen molar-refractivity contribution in [2.45, 2.75) is 19.0 Å². The second kappa shape index (κ2) is 10.5. The molecule has 7 nitrogen and oxygen atoms in total. The summed E-state index contributed by atoms with van der Waals surface area (Å²) in [7, 11) is 0. The first-order valence-corrected chi connectivity index (χ1v) is 11.7. The van der Waals surface area contributed by atoms with Crippen LogP contribution in [0.3, 0.4) is 0 Å². The number of halogens is 1. The Morgan fingerprint density at radius 3 is 2.55 bits per heavy atom. The van der Waals surface area contributed by atoms with Crippen LogP contribution in [0, 0.1) is 6.92 Å². The van der Waals surface area contributed by atoms with Gasteiger partial charge in [-0.25, -0.2) is 0 Å². The van der Waals surface area contributed by atoms with Crippen molar-refractivity contribution in [3.63, 3.8) is 0 Å². The number of ether oxygens (including phenoxy) is 1. The van der Waals surface area contributed by atoms with Gasteiger partial charge in [0.25, 0.3) is 0 Å². The molecule has 0 bridgehead atoms. The van der Waals surface area contributed by atoms with Gasteiger partial charge in [0, 0.05) is 23.6 Å². The standard InChI is InChI=1S/C24H22ClN5O2S/c1-3-32-19-7-5-18(6-8-19)30-23(17-10-12-26-13-11-17)28-29-24(30)33-15-22(31)27-21-9-4-16(2)14-20(21)25/h4-14H,3,15H2,1-2H3,(H,27,31). The Labute approximate surface area is 201 Å². The summed E-state index contributed by atoms with van der Waals surface area (Å²) >= 11 is 7.53. The third-order valence-corrected chi connectivity index (χ3v) is 5.95. The number of aromatic nitrogens is 4. The number of benzene rings is 2. The number of nitrogens with one attached hydrogen (secondary N) is 1. The van der Waals surface area contributed by atoms with Crippen LogP contribution >= 0.6 is 23.4 Å². The van der Waals surface area contributed by atoms with E-state index >= 15 is 0 Å². The fraction of sp³-hybridized carbons (Fsp3) is 0.167. The summed E-state index contributed by atoms with van der Waals surface area (Å²) < 4.78 is 7.48. The van der Waals surface area contributed by atoms with Crippen LogP contribution in [0.5, 0.6) is 5.75 Å². The van der Waals surface area contributed by atoms with Gasteiger partial charge < -0.3 is 10.1 Å². The summed E-state index contributed by atoms with van der Waals surface area (Å²) in [4.78, 5) is 16.7. The molecule has 0 aliphatic heterocycles. The van der Waals surface area contributed by atoms with Crippen LogP contribution in [0.25, 0.3) is 17.1 Å². The Morgan fingerprint density at radius 1 is 1.09 bits per heavy atom.